The summed E-state index contributed by atoms with van der Waals surface area (Å²) < 4.78 is 0. The fraction of sp³-hybridized carbons (Fsp3) is 0.500. The van der Waals surface area contributed by atoms with Crippen LogP contribution >= 0.6 is 11.6 Å². The van der Waals surface area contributed by atoms with Crippen LogP contribution in [0.3, 0.4) is 0 Å². The molecule has 120 valence electrons. The minimum atomic E-state index is -0.130. The Hall–Kier alpha value is -1.59. The second-order valence-corrected chi connectivity index (χ2v) is 6.00. The third kappa shape index (κ3) is 4.71. The molecule has 0 bridgehead atoms. The summed E-state index contributed by atoms with van der Waals surface area (Å²) in [6.07, 6.45) is 2.02. The van der Waals surface area contributed by atoms with Crippen molar-refractivity contribution in [3.8, 4) is 0 Å². The second-order valence-electron chi connectivity index (χ2n) is 5.56. The average molecular weight is 324 g/mol. The molecule has 1 atom stereocenters. The molecule has 0 spiro atoms. The van der Waals surface area contributed by atoms with E-state index in [4.69, 9.17) is 17.3 Å². The van der Waals surface area contributed by atoms with Crippen LogP contribution in [-0.4, -0.2) is 42.9 Å². The van der Waals surface area contributed by atoms with Crippen molar-refractivity contribution in [3.05, 3.63) is 34.9 Å². The van der Waals surface area contributed by atoms with Crippen molar-refractivity contribution in [2.45, 2.75) is 19.3 Å². The van der Waals surface area contributed by atoms with E-state index in [9.17, 15) is 9.59 Å². The third-order valence-electron chi connectivity index (χ3n) is 3.86. The number of amides is 2. The molecule has 1 aromatic carbocycles. The smallest absolute Gasteiger partial charge is 0.227 e. The Morgan fingerprint density at radius 2 is 2.05 bits per heavy atom. The van der Waals surface area contributed by atoms with Gasteiger partial charge < -0.3 is 16.0 Å². The maximum absolute atomic E-state index is 12.4. The fourth-order valence-electron chi connectivity index (χ4n) is 2.65. The number of nitrogens with zero attached hydrogens (tertiary/aromatic N) is 1. The summed E-state index contributed by atoms with van der Waals surface area (Å²) in [5.41, 5.74) is 6.32. The van der Waals surface area contributed by atoms with E-state index >= 15 is 0 Å². The minimum Gasteiger partial charge on any atom is -0.355 e. The molecule has 6 heteroatoms. The van der Waals surface area contributed by atoms with E-state index in [1.165, 1.54) is 0 Å². The van der Waals surface area contributed by atoms with Crippen molar-refractivity contribution >= 4 is 23.4 Å². The quantitative estimate of drug-likeness (QED) is 0.855. The summed E-state index contributed by atoms with van der Waals surface area (Å²) in [6.45, 7) is 2.11. The van der Waals surface area contributed by atoms with Crippen LogP contribution in [0.2, 0.25) is 5.02 Å². The van der Waals surface area contributed by atoms with Crippen LogP contribution in [0.4, 0.5) is 0 Å². The Balaban J connectivity index is 1.89. The first-order valence-electron chi connectivity index (χ1n) is 7.60. The summed E-state index contributed by atoms with van der Waals surface area (Å²) in [4.78, 5) is 26.2. The number of benzene rings is 1. The van der Waals surface area contributed by atoms with Crippen LogP contribution in [0.1, 0.15) is 18.4 Å². The first-order valence-corrected chi connectivity index (χ1v) is 7.98. The van der Waals surface area contributed by atoms with Crippen molar-refractivity contribution in [1.29, 1.82) is 0 Å². The van der Waals surface area contributed by atoms with Crippen molar-refractivity contribution in [2.24, 2.45) is 11.7 Å². The molecule has 0 radical (unpaired) electrons. The van der Waals surface area contributed by atoms with Crippen molar-refractivity contribution in [1.82, 2.24) is 10.2 Å². The van der Waals surface area contributed by atoms with Gasteiger partial charge in [-0.2, -0.15) is 0 Å². The number of nitrogens with two attached hydrogens (primary N) is 1. The Morgan fingerprint density at radius 1 is 1.32 bits per heavy atom. The van der Waals surface area contributed by atoms with E-state index in [1.807, 2.05) is 12.1 Å². The molecule has 1 fully saturated rings. The van der Waals surface area contributed by atoms with Gasteiger partial charge in [0.05, 0.1) is 12.3 Å². The first kappa shape index (κ1) is 16.8. The zero-order valence-electron chi connectivity index (χ0n) is 12.6. The molecular formula is C16H22ClN3O2. The lowest BCUT2D eigenvalue weighted by Gasteiger charge is -2.32. The topological polar surface area (TPSA) is 75.4 Å². The van der Waals surface area contributed by atoms with Gasteiger partial charge in [0.15, 0.2) is 0 Å². The molecule has 3 N–H and O–H groups in total. The maximum atomic E-state index is 12.4. The molecular weight excluding hydrogens is 302 g/mol. The SMILES string of the molecule is NCCNC(=O)C1CCCN(C(=O)Cc2ccc(Cl)cc2)C1. The van der Waals surface area contributed by atoms with Gasteiger partial charge in [0.2, 0.25) is 11.8 Å². The number of carbonyl (C=O) groups excluding carboxylic acids is 2. The van der Waals surface area contributed by atoms with Crippen LogP contribution in [-0.2, 0) is 16.0 Å². The molecule has 2 amide bonds. The van der Waals surface area contributed by atoms with Gasteiger partial charge in [-0.05, 0) is 30.5 Å². The fourth-order valence-corrected chi connectivity index (χ4v) is 2.77. The summed E-state index contributed by atoms with van der Waals surface area (Å²) in [5.74, 6) is -0.0810. The standard InChI is InChI=1S/C16H22ClN3O2/c17-14-5-3-12(4-6-14)10-15(21)20-9-1-2-13(11-20)16(22)19-8-7-18/h3-6,13H,1-2,7-11,18H2,(H,19,22). The molecule has 5 nitrogen and oxygen atoms in total. The summed E-state index contributed by atoms with van der Waals surface area (Å²) in [7, 11) is 0. The molecule has 0 aliphatic carbocycles. The van der Waals surface area contributed by atoms with Gasteiger partial charge >= 0.3 is 0 Å². The Bertz CT molecular complexity index is 519. The zero-order chi connectivity index (χ0) is 15.9. The largest absolute Gasteiger partial charge is 0.355 e. The lowest BCUT2D eigenvalue weighted by molar-refractivity contribution is -0.135. The van der Waals surface area contributed by atoms with Gasteiger partial charge in [-0.25, -0.2) is 0 Å². The number of nitrogens with one attached hydrogen (secondary N) is 1. The number of carbonyl (C=O) groups is 2. The molecule has 1 aliphatic rings. The van der Waals surface area contributed by atoms with E-state index in [0.717, 1.165) is 18.4 Å². The van der Waals surface area contributed by atoms with Crippen molar-refractivity contribution in [3.63, 3.8) is 0 Å². The van der Waals surface area contributed by atoms with Crippen LogP contribution in [0, 0.1) is 5.92 Å². The highest BCUT2D eigenvalue weighted by Crippen LogP contribution is 2.18. The summed E-state index contributed by atoms with van der Waals surface area (Å²) in [5, 5.41) is 3.46. The monoisotopic (exact) mass is 323 g/mol. The maximum Gasteiger partial charge on any atom is 0.227 e. The first-order chi connectivity index (χ1) is 10.6. The number of likely N-dealkylation sites (tertiary alicyclic amines) is 1. The van der Waals surface area contributed by atoms with E-state index in [2.05, 4.69) is 5.32 Å². The number of halogens is 1. The van der Waals surface area contributed by atoms with Crippen molar-refractivity contribution in [2.75, 3.05) is 26.2 Å². The highest BCUT2D eigenvalue weighted by Gasteiger charge is 2.28. The van der Waals surface area contributed by atoms with E-state index in [1.54, 1.807) is 17.0 Å². The predicted molar refractivity (Wildman–Crippen MR) is 86.5 cm³/mol. The predicted octanol–water partition coefficient (Wildman–Crippen LogP) is 1.20. The van der Waals surface area contributed by atoms with Gasteiger partial charge in [-0.15, -0.1) is 0 Å². The highest BCUT2D eigenvalue weighted by atomic mass is 35.5. The van der Waals surface area contributed by atoms with Gasteiger partial charge in [-0.1, -0.05) is 23.7 Å². The summed E-state index contributed by atoms with van der Waals surface area (Å²) >= 11 is 5.84. The highest BCUT2D eigenvalue weighted by molar-refractivity contribution is 6.30. The molecule has 1 aromatic rings. The number of hydrogen-bond acceptors (Lipinski definition) is 3. The van der Waals surface area contributed by atoms with E-state index in [-0.39, 0.29) is 17.7 Å². The minimum absolute atomic E-state index is 0.00515. The second kappa shape index (κ2) is 8.15. The van der Waals surface area contributed by atoms with Gasteiger partial charge in [0, 0.05) is 31.2 Å². The van der Waals surface area contributed by atoms with Gasteiger partial charge in [0.1, 0.15) is 0 Å². The lowest BCUT2D eigenvalue weighted by Crippen LogP contribution is -2.46. The lowest BCUT2D eigenvalue weighted by atomic mass is 9.96. The number of hydrogen-bond donors (Lipinski definition) is 2. The summed E-state index contributed by atoms with van der Waals surface area (Å²) in [6, 6.07) is 7.28. The average Bonchev–Trinajstić information content (AvgIpc) is 2.54. The van der Waals surface area contributed by atoms with Crippen molar-refractivity contribution < 1.29 is 9.59 Å². The normalized spacial score (nSPS) is 18.1. The molecule has 1 heterocycles. The Morgan fingerprint density at radius 3 is 2.73 bits per heavy atom. The van der Waals surface area contributed by atoms with Crippen LogP contribution in [0.25, 0.3) is 0 Å². The molecule has 1 aliphatic heterocycles. The number of piperidine rings is 1. The molecule has 1 unspecified atom stereocenters. The zero-order valence-corrected chi connectivity index (χ0v) is 13.3. The van der Waals surface area contributed by atoms with Crippen LogP contribution < -0.4 is 11.1 Å². The third-order valence-corrected chi connectivity index (χ3v) is 4.11. The Kier molecular flexibility index (Phi) is 6.21. The molecule has 1 saturated heterocycles. The molecule has 2 rings (SSSR count). The molecule has 22 heavy (non-hydrogen) atoms. The van der Waals surface area contributed by atoms with Crippen LogP contribution in [0.15, 0.2) is 24.3 Å². The van der Waals surface area contributed by atoms with E-state index in [0.29, 0.717) is 37.6 Å². The van der Waals surface area contributed by atoms with E-state index < -0.39 is 0 Å². The van der Waals surface area contributed by atoms with Gasteiger partial charge in [0.25, 0.3) is 0 Å². The van der Waals surface area contributed by atoms with Crippen LogP contribution in [0.5, 0.6) is 0 Å². The molecule has 0 saturated carbocycles. The Labute approximate surface area is 135 Å². The van der Waals surface area contributed by atoms with Gasteiger partial charge in [-0.3, -0.25) is 9.59 Å². The molecule has 0 aromatic heterocycles. The number of rotatable bonds is 5.